The second-order valence-corrected chi connectivity index (χ2v) is 5.88. The van der Waals surface area contributed by atoms with E-state index in [0.717, 1.165) is 5.56 Å². The lowest BCUT2D eigenvalue weighted by molar-refractivity contribution is 0.0975. The van der Waals surface area contributed by atoms with E-state index in [1.165, 1.54) is 11.3 Å². The predicted molar refractivity (Wildman–Crippen MR) is 82.2 cm³/mol. The van der Waals surface area contributed by atoms with Gasteiger partial charge in [0, 0.05) is 17.4 Å². The van der Waals surface area contributed by atoms with Crippen molar-refractivity contribution in [3.63, 3.8) is 0 Å². The minimum absolute atomic E-state index is 0.0551. The summed E-state index contributed by atoms with van der Waals surface area (Å²) in [5.74, 6) is -1.37. The number of carbonyl (C=O) groups excluding carboxylic acids is 1. The van der Waals surface area contributed by atoms with Crippen LogP contribution in [-0.2, 0) is 0 Å². The molecule has 5 heteroatoms. The Labute approximate surface area is 132 Å². The summed E-state index contributed by atoms with van der Waals surface area (Å²) in [6.45, 7) is 0. The predicted octanol–water partition coefficient (Wildman–Crippen LogP) is 4.42. The Hall–Kier alpha value is -2.14. The first-order valence-electron chi connectivity index (χ1n) is 6.27. The van der Waals surface area contributed by atoms with Crippen LogP contribution in [0, 0.1) is 28.6 Å². The van der Waals surface area contributed by atoms with Gasteiger partial charge >= 0.3 is 0 Å². The molecule has 21 heavy (non-hydrogen) atoms. The molecule has 1 atom stereocenters. The topological polar surface area (TPSA) is 64.7 Å². The van der Waals surface area contributed by atoms with Crippen molar-refractivity contribution in [1.29, 1.82) is 10.5 Å². The number of halogens is 1. The maximum Gasteiger partial charge on any atom is 0.173 e. The van der Waals surface area contributed by atoms with Gasteiger partial charge in [-0.2, -0.15) is 10.5 Å². The number of hydrogen-bond donors (Lipinski definition) is 0. The Morgan fingerprint density at radius 3 is 2.38 bits per heavy atom. The molecule has 0 bridgehead atoms. The van der Waals surface area contributed by atoms with Gasteiger partial charge in [-0.15, -0.1) is 11.3 Å². The van der Waals surface area contributed by atoms with Crippen molar-refractivity contribution in [3.8, 4) is 12.1 Å². The first-order valence-corrected chi connectivity index (χ1v) is 7.53. The summed E-state index contributed by atoms with van der Waals surface area (Å²) >= 11 is 7.22. The molecule has 0 aliphatic rings. The molecule has 0 N–H and O–H groups in total. The molecular weight excluding hydrogens is 304 g/mol. The van der Waals surface area contributed by atoms with Crippen LogP contribution in [0.25, 0.3) is 0 Å². The number of nitriles is 2. The molecule has 104 valence electrons. The van der Waals surface area contributed by atoms with Crippen LogP contribution in [0.15, 0.2) is 41.8 Å². The number of hydrogen-bond acceptors (Lipinski definition) is 4. The first-order chi connectivity index (χ1) is 10.2. The van der Waals surface area contributed by atoms with Gasteiger partial charge in [0.2, 0.25) is 0 Å². The summed E-state index contributed by atoms with van der Waals surface area (Å²) < 4.78 is 0. The third-order valence-electron chi connectivity index (χ3n) is 3.18. The second kappa shape index (κ2) is 7.04. The molecule has 0 aliphatic heterocycles. The van der Waals surface area contributed by atoms with E-state index in [4.69, 9.17) is 22.1 Å². The smallest absolute Gasteiger partial charge is 0.173 e. The molecule has 0 radical (unpaired) electrons. The van der Waals surface area contributed by atoms with Gasteiger partial charge in [-0.1, -0.05) is 29.8 Å². The number of ketones is 1. The standard InChI is InChI=1S/C16H11ClN2OS/c17-13-5-3-11(4-6-13)14(12(9-18)10-19)8-15(20)16-2-1-7-21-16/h1-7,12,14H,8H2/t14-/m1/s1. The zero-order valence-electron chi connectivity index (χ0n) is 11.0. The number of thiophene rings is 1. The summed E-state index contributed by atoms with van der Waals surface area (Å²) in [4.78, 5) is 12.9. The molecule has 2 rings (SSSR count). The fraction of sp³-hybridized carbons (Fsp3) is 0.188. The van der Waals surface area contributed by atoms with E-state index < -0.39 is 11.8 Å². The molecule has 0 aliphatic carbocycles. The quantitative estimate of drug-likeness (QED) is 0.767. The minimum Gasteiger partial charge on any atom is -0.293 e. The van der Waals surface area contributed by atoms with Crippen LogP contribution in [0.3, 0.4) is 0 Å². The molecule has 0 saturated carbocycles. The van der Waals surface area contributed by atoms with Crippen molar-refractivity contribution in [2.75, 3.05) is 0 Å². The maximum atomic E-state index is 12.3. The van der Waals surface area contributed by atoms with Gasteiger partial charge in [-0.25, -0.2) is 0 Å². The highest BCUT2D eigenvalue weighted by molar-refractivity contribution is 7.12. The minimum atomic E-state index is -0.866. The Balaban J connectivity index is 2.29. The van der Waals surface area contributed by atoms with Crippen molar-refractivity contribution in [1.82, 2.24) is 0 Å². The number of benzene rings is 1. The first kappa shape index (κ1) is 15.3. The van der Waals surface area contributed by atoms with E-state index in [1.54, 1.807) is 36.4 Å². The van der Waals surface area contributed by atoms with Crippen molar-refractivity contribution in [2.24, 2.45) is 5.92 Å². The van der Waals surface area contributed by atoms with Crippen molar-refractivity contribution >= 4 is 28.7 Å². The number of rotatable bonds is 5. The Bertz CT molecular complexity index is 681. The molecule has 3 nitrogen and oxygen atoms in total. The monoisotopic (exact) mass is 314 g/mol. The van der Waals surface area contributed by atoms with E-state index >= 15 is 0 Å². The van der Waals surface area contributed by atoms with E-state index in [0.29, 0.717) is 9.90 Å². The van der Waals surface area contributed by atoms with Gasteiger partial charge in [-0.3, -0.25) is 4.79 Å². The summed E-state index contributed by atoms with van der Waals surface area (Å²) in [6.07, 6.45) is 0.133. The zero-order chi connectivity index (χ0) is 15.2. The fourth-order valence-electron chi connectivity index (χ4n) is 2.08. The summed E-state index contributed by atoms with van der Waals surface area (Å²) in [6, 6.07) is 14.4. The van der Waals surface area contributed by atoms with Gasteiger partial charge < -0.3 is 0 Å². The van der Waals surface area contributed by atoms with Crippen LogP contribution < -0.4 is 0 Å². The average molecular weight is 315 g/mol. The summed E-state index contributed by atoms with van der Waals surface area (Å²) in [7, 11) is 0. The third-order valence-corrected chi connectivity index (χ3v) is 4.34. The second-order valence-electron chi connectivity index (χ2n) is 4.50. The number of Topliss-reactive ketones (excluding diaryl/α,β-unsaturated/α-hetero) is 1. The van der Waals surface area contributed by atoms with Gasteiger partial charge in [0.25, 0.3) is 0 Å². The molecular formula is C16H11ClN2OS. The lowest BCUT2D eigenvalue weighted by Gasteiger charge is -2.17. The van der Waals surface area contributed by atoms with Gasteiger partial charge in [0.05, 0.1) is 17.0 Å². The van der Waals surface area contributed by atoms with Crippen molar-refractivity contribution in [3.05, 3.63) is 57.2 Å². The Kier molecular flexibility index (Phi) is 5.11. The molecule has 0 spiro atoms. The lowest BCUT2D eigenvalue weighted by atomic mass is 9.83. The number of carbonyl (C=O) groups is 1. The van der Waals surface area contributed by atoms with Gasteiger partial charge in [0.15, 0.2) is 5.78 Å². The SMILES string of the molecule is N#CC(C#N)[C@H](CC(=O)c1cccs1)c1ccc(Cl)cc1. The van der Waals surface area contributed by atoms with Crippen LogP contribution in [0.2, 0.25) is 5.02 Å². The van der Waals surface area contributed by atoms with Crippen molar-refractivity contribution in [2.45, 2.75) is 12.3 Å². The van der Waals surface area contributed by atoms with Crippen LogP contribution >= 0.6 is 22.9 Å². The summed E-state index contributed by atoms with van der Waals surface area (Å²) in [5.41, 5.74) is 0.775. The normalized spacial score (nSPS) is 11.6. The van der Waals surface area contributed by atoms with Crippen LogP contribution in [-0.4, -0.2) is 5.78 Å². The zero-order valence-corrected chi connectivity index (χ0v) is 12.6. The average Bonchev–Trinajstić information content (AvgIpc) is 3.02. The molecule has 1 aromatic heterocycles. The maximum absolute atomic E-state index is 12.3. The molecule has 0 unspecified atom stereocenters. The van der Waals surface area contributed by atoms with Crippen LogP contribution in [0.5, 0.6) is 0 Å². The Morgan fingerprint density at radius 2 is 1.86 bits per heavy atom. The van der Waals surface area contributed by atoms with E-state index in [9.17, 15) is 4.79 Å². The van der Waals surface area contributed by atoms with E-state index in [1.807, 2.05) is 17.5 Å². The van der Waals surface area contributed by atoms with E-state index in [-0.39, 0.29) is 12.2 Å². The fourth-order valence-corrected chi connectivity index (χ4v) is 2.89. The van der Waals surface area contributed by atoms with Crippen LogP contribution in [0.4, 0.5) is 0 Å². The largest absolute Gasteiger partial charge is 0.293 e. The highest BCUT2D eigenvalue weighted by atomic mass is 35.5. The lowest BCUT2D eigenvalue weighted by Crippen LogP contribution is -2.14. The molecule has 2 aromatic rings. The highest BCUT2D eigenvalue weighted by Gasteiger charge is 2.26. The highest BCUT2D eigenvalue weighted by Crippen LogP contribution is 2.30. The molecule has 1 heterocycles. The van der Waals surface area contributed by atoms with Gasteiger partial charge in [-0.05, 0) is 29.1 Å². The number of nitrogens with zero attached hydrogens (tertiary/aromatic N) is 2. The summed E-state index contributed by atoms with van der Waals surface area (Å²) in [5, 5.41) is 20.7. The third kappa shape index (κ3) is 3.70. The molecule has 0 fully saturated rings. The van der Waals surface area contributed by atoms with Gasteiger partial charge in [0.1, 0.15) is 5.92 Å². The molecule has 0 saturated heterocycles. The van der Waals surface area contributed by atoms with E-state index in [2.05, 4.69) is 0 Å². The van der Waals surface area contributed by atoms with Crippen LogP contribution in [0.1, 0.15) is 27.6 Å². The van der Waals surface area contributed by atoms with Crippen molar-refractivity contribution < 1.29 is 4.79 Å². The molecule has 1 aromatic carbocycles. The molecule has 0 amide bonds. The Morgan fingerprint density at radius 1 is 1.19 bits per heavy atom.